The number of amides is 1. The summed E-state index contributed by atoms with van der Waals surface area (Å²) in [6.45, 7) is 5.85. The van der Waals surface area contributed by atoms with Gasteiger partial charge in [-0.2, -0.15) is 0 Å². The van der Waals surface area contributed by atoms with Crippen molar-refractivity contribution in [2.24, 2.45) is 0 Å². The van der Waals surface area contributed by atoms with Gasteiger partial charge >= 0.3 is 0 Å². The summed E-state index contributed by atoms with van der Waals surface area (Å²) < 4.78 is 16.1. The Labute approximate surface area is 148 Å². The minimum atomic E-state index is -0.168. The molecule has 2 rings (SSSR count). The number of hydrogen-bond donors (Lipinski definition) is 1. The van der Waals surface area contributed by atoms with Gasteiger partial charge in [0.25, 0.3) is 5.91 Å². The Balaban J connectivity index is 2.06. The van der Waals surface area contributed by atoms with Gasteiger partial charge in [0.15, 0.2) is 11.5 Å². The molecule has 0 unspecified atom stereocenters. The molecule has 0 aliphatic heterocycles. The van der Waals surface area contributed by atoms with E-state index in [0.717, 1.165) is 11.3 Å². The number of benzene rings is 2. The number of rotatable bonds is 7. The summed E-state index contributed by atoms with van der Waals surface area (Å²) in [5, 5.41) is 2.99. The fraction of sp³-hybridized carbons (Fsp3) is 0.350. The van der Waals surface area contributed by atoms with Gasteiger partial charge in [-0.15, -0.1) is 0 Å². The lowest BCUT2D eigenvalue weighted by Gasteiger charge is -2.17. The highest BCUT2D eigenvalue weighted by atomic mass is 16.5. The van der Waals surface area contributed by atoms with Crippen LogP contribution in [0.3, 0.4) is 0 Å². The first-order valence-corrected chi connectivity index (χ1v) is 8.24. The zero-order valence-electron chi connectivity index (χ0n) is 15.3. The largest absolute Gasteiger partial charge is 0.493 e. The van der Waals surface area contributed by atoms with Crippen molar-refractivity contribution < 1.29 is 19.0 Å². The maximum atomic E-state index is 12.4. The van der Waals surface area contributed by atoms with Crippen LogP contribution in [0.2, 0.25) is 0 Å². The first-order chi connectivity index (χ1) is 11.9. The molecule has 0 aromatic heterocycles. The van der Waals surface area contributed by atoms with Gasteiger partial charge in [0.2, 0.25) is 0 Å². The quantitative estimate of drug-likeness (QED) is 0.826. The standard InChI is InChI=1S/C20H25NO4/c1-13(2)25-17-9-6-15(7-10-17)20(22)21-14(3)16-8-11-18(23-4)19(12-16)24-5/h6-14H,1-5H3,(H,21,22)/t14-/m0/s1. The molecular formula is C20H25NO4. The summed E-state index contributed by atoms with van der Waals surface area (Å²) in [6, 6.07) is 12.6. The van der Waals surface area contributed by atoms with E-state index in [-0.39, 0.29) is 18.1 Å². The van der Waals surface area contributed by atoms with Crippen LogP contribution in [-0.2, 0) is 0 Å². The monoisotopic (exact) mass is 343 g/mol. The van der Waals surface area contributed by atoms with Gasteiger partial charge in [-0.3, -0.25) is 4.79 Å². The molecule has 2 aromatic carbocycles. The van der Waals surface area contributed by atoms with Crippen LogP contribution in [0.15, 0.2) is 42.5 Å². The van der Waals surface area contributed by atoms with Crippen molar-refractivity contribution in [3.05, 3.63) is 53.6 Å². The summed E-state index contributed by atoms with van der Waals surface area (Å²) in [4.78, 5) is 12.4. The number of ether oxygens (including phenoxy) is 3. The molecule has 0 saturated carbocycles. The van der Waals surface area contributed by atoms with Crippen molar-refractivity contribution >= 4 is 5.91 Å². The molecule has 1 amide bonds. The van der Waals surface area contributed by atoms with Crippen LogP contribution in [0.1, 0.15) is 42.7 Å². The van der Waals surface area contributed by atoms with Gasteiger partial charge < -0.3 is 19.5 Å². The smallest absolute Gasteiger partial charge is 0.251 e. The lowest BCUT2D eigenvalue weighted by Crippen LogP contribution is -2.26. The van der Waals surface area contributed by atoms with E-state index in [2.05, 4.69) is 5.32 Å². The highest BCUT2D eigenvalue weighted by molar-refractivity contribution is 5.94. The Morgan fingerprint density at radius 3 is 2.12 bits per heavy atom. The number of nitrogens with one attached hydrogen (secondary N) is 1. The summed E-state index contributed by atoms with van der Waals surface area (Å²) in [5.74, 6) is 1.90. The van der Waals surface area contributed by atoms with E-state index in [1.54, 1.807) is 38.5 Å². The van der Waals surface area contributed by atoms with E-state index < -0.39 is 0 Å². The molecule has 25 heavy (non-hydrogen) atoms. The second kappa shape index (κ2) is 8.42. The van der Waals surface area contributed by atoms with Crippen LogP contribution in [0.4, 0.5) is 0 Å². The predicted octanol–water partition coefficient (Wildman–Crippen LogP) is 3.98. The Morgan fingerprint density at radius 2 is 1.56 bits per heavy atom. The van der Waals surface area contributed by atoms with Crippen LogP contribution < -0.4 is 19.5 Å². The molecule has 0 saturated heterocycles. The second-order valence-electron chi connectivity index (χ2n) is 6.00. The van der Waals surface area contributed by atoms with Gasteiger partial charge in [0.1, 0.15) is 5.75 Å². The Morgan fingerprint density at radius 1 is 0.920 bits per heavy atom. The summed E-state index contributed by atoms with van der Waals surface area (Å²) in [6.07, 6.45) is 0.102. The third-order valence-corrected chi connectivity index (χ3v) is 3.74. The summed E-state index contributed by atoms with van der Waals surface area (Å²) in [5.41, 5.74) is 1.52. The molecule has 5 nitrogen and oxygen atoms in total. The van der Waals surface area contributed by atoms with Crippen molar-refractivity contribution in [1.29, 1.82) is 0 Å². The molecule has 2 aromatic rings. The molecule has 0 aliphatic rings. The molecule has 0 fully saturated rings. The molecule has 134 valence electrons. The molecule has 0 aliphatic carbocycles. The number of carbonyl (C=O) groups excluding carboxylic acids is 1. The SMILES string of the molecule is COc1ccc([C@H](C)NC(=O)c2ccc(OC(C)C)cc2)cc1OC. The van der Waals surface area contributed by atoms with Gasteiger partial charge in [-0.1, -0.05) is 6.07 Å². The van der Waals surface area contributed by atoms with E-state index in [0.29, 0.717) is 17.1 Å². The molecule has 5 heteroatoms. The predicted molar refractivity (Wildman–Crippen MR) is 97.6 cm³/mol. The average Bonchev–Trinajstić information content (AvgIpc) is 2.61. The first-order valence-electron chi connectivity index (χ1n) is 8.24. The number of carbonyl (C=O) groups is 1. The highest BCUT2D eigenvalue weighted by Gasteiger charge is 2.14. The van der Waals surface area contributed by atoms with Crippen LogP contribution in [0, 0.1) is 0 Å². The van der Waals surface area contributed by atoms with E-state index >= 15 is 0 Å². The fourth-order valence-electron chi connectivity index (χ4n) is 2.44. The second-order valence-corrected chi connectivity index (χ2v) is 6.00. The zero-order valence-corrected chi connectivity index (χ0v) is 15.3. The third kappa shape index (κ3) is 4.89. The topological polar surface area (TPSA) is 56.8 Å². The van der Waals surface area contributed by atoms with Crippen molar-refractivity contribution in [3.8, 4) is 17.2 Å². The minimum absolute atomic E-state index is 0.102. The molecule has 0 spiro atoms. The maximum Gasteiger partial charge on any atom is 0.251 e. The van der Waals surface area contributed by atoms with Crippen LogP contribution >= 0.6 is 0 Å². The minimum Gasteiger partial charge on any atom is -0.493 e. The van der Waals surface area contributed by atoms with Gasteiger partial charge in [-0.05, 0) is 62.7 Å². The molecule has 1 N–H and O–H groups in total. The molecule has 1 atom stereocenters. The summed E-state index contributed by atoms with van der Waals surface area (Å²) in [7, 11) is 3.18. The lowest BCUT2D eigenvalue weighted by atomic mass is 10.1. The lowest BCUT2D eigenvalue weighted by molar-refractivity contribution is 0.0940. The Kier molecular flexibility index (Phi) is 6.28. The summed E-state index contributed by atoms with van der Waals surface area (Å²) >= 11 is 0. The van der Waals surface area contributed by atoms with Crippen molar-refractivity contribution in [2.75, 3.05) is 14.2 Å². The first kappa shape index (κ1) is 18.6. The Bertz CT molecular complexity index is 710. The average molecular weight is 343 g/mol. The van der Waals surface area contributed by atoms with Crippen molar-refractivity contribution in [1.82, 2.24) is 5.32 Å². The normalized spacial score (nSPS) is 11.8. The maximum absolute atomic E-state index is 12.4. The highest BCUT2D eigenvalue weighted by Crippen LogP contribution is 2.30. The van der Waals surface area contributed by atoms with E-state index in [9.17, 15) is 4.79 Å². The molecule has 0 radical (unpaired) electrons. The number of hydrogen-bond acceptors (Lipinski definition) is 4. The molecular weight excluding hydrogens is 318 g/mol. The van der Waals surface area contributed by atoms with Crippen LogP contribution in [0.25, 0.3) is 0 Å². The molecule has 0 bridgehead atoms. The van der Waals surface area contributed by atoms with Crippen LogP contribution in [-0.4, -0.2) is 26.2 Å². The van der Waals surface area contributed by atoms with Gasteiger partial charge in [-0.25, -0.2) is 0 Å². The van der Waals surface area contributed by atoms with Crippen molar-refractivity contribution in [3.63, 3.8) is 0 Å². The van der Waals surface area contributed by atoms with E-state index in [1.807, 2.05) is 39.0 Å². The third-order valence-electron chi connectivity index (χ3n) is 3.74. The Hall–Kier alpha value is -2.69. The van der Waals surface area contributed by atoms with Crippen LogP contribution in [0.5, 0.6) is 17.2 Å². The van der Waals surface area contributed by atoms with E-state index in [4.69, 9.17) is 14.2 Å². The number of methoxy groups -OCH3 is 2. The zero-order chi connectivity index (χ0) is 18.4. The van der Waals surface area contributed by atoms with Crippen molar-refractivity contribution in [2.45, 2.75) is 32.9 Å². The van der Waals surface area contributed by atoms with Gasteiger partial charge in [0.05, 0.1) is 26.4 Å². The fourth-order valence-corrected chi connectivity index (χ4v) is 2.44. The van der Waals surface area contributed by atoms with Gasteiger partial charge in [0, 0.05) is 5.56 Å². The van der Waals surface area contributed by atoms with E-state index in [1.165, 1.54) is 0 Å². The molecule has 0 heterocycles.